The standard InChI is InChI=1S/C22H14ClN3O5/c23-19-12-18(26(28)29)10-9-17(19)13-30-22(27)16-8-4-7-15(11-16)21-25-24-20(31-21)14-5-2-1-3-6-14/h1-12H,13H2. The minimum atomic E-state index is -0.584. The Morgan fingerprint density at radius 2 is 1.68 bits per heavy atom. The van der Waals surface area contributed by atoms with Crippen molar-refractivity contribution in [2.45, 2.75) is 6.61 Å². The van der Waals surface area contributed by atoms with Crippen LogP contribution in [-0.2, 0) is 11.3 Å². The molecule has 0 aliphatic rings. The summed E-state index contributed by atoms with van der Waals surface area (Å²) in [5.74, 6) is 0.0578. The lowest BCUT2D eigenvalue weighted by molar-refractivity contribution is -0.384. The lowest BCUT2D eigenvalue weighted by Gasteiger charge is -2.07. The zero-order valence-electron chi connectivity index (χ0n) is 15.9. The van der Waals surface area contributed by atoms with Crippen LogP contribution in [0.1, 0.15) is 15.9 Å². The molecule has 0 fully saturated rings. The maximum atomic E-state index is 12.5. The van der Waals surface area contributed by atoms with E-state index in [4.69, 9.17) is 20.8 Å². The van der Waals surface area contributed by atoms with Crippen LogP contribution in [0, 0.1) is 10.1 Å². The zero-order chi connectivity index (χ0) is 21.8. The number of carbonyl (C=O) groups excluding carboxylic acids is 1. The first-order chi connectivity index (χ1) is 15.0. The van der Waals surface area contributed by atoms with Crippen LogP contribution in [0.25, 0.3) is 22.9 Å². The Hall–Kier alpha value is -4.04. The number of benzene rings is 3. The molecule has 31 heavy (non-hydrogen) atoms. The van der Waals surface area contributed by atoms with Gasteiger partial charge in [-0.2, -0.15) is 0 Å². The first kappa shape index (κ1) is 20.2. The zero-order valence-corrected chi connectivity index (χ0v) is 16.7. The molecule has 0 unspecified atom stereocenters. The highest BCUT2D eigenvalue weighted by atomic mass is 35.5. The van der Waals surface area contributed by atoms with Gasteiger partial charge in [-0.15, -0.1) is 10.2 Å². The van der Waals surface area contributed by atoms with Crippen molar-refractivity contribution in [1.82, 2.24) is 10.2 Å². The summed E-state index contributed by atoms with van der Waals surface area (Å²) >= 11 is 6.04. The highest BCUT2D eigenvalue weighted by molar-refractivity contribution is 6.31. The Labute approximate surface area is 181 Å². The highest BCUT2D eigenvalue weighted by Crippen LogP contribution is 2.26. The first-order valence-corrected chi connectivity index (χ1v) is 9.48. The molecule has 9 heteroatoms. The van der Waals surface area contributed by atoms with Gasteiger partial charge in [0.05, 0.1) is 15.5 Å². The smallest absolute Gasteiger partial charge is 0.338 e. The van der Waals surface area contributed by atoms with E-state index >= 15 is 0 Å². The van der Waals surface area contributed by atoms with Crippen LogP contribution in [0.15, 0.2) is 77.2 Å². The molecule has 0 N–H and O–H groups in total. The van der Waals surface area contributed by atoms with Crippen LogP contribution < -0.4 is 0 Å². The predicted molar refractivity (Wildman–Crippen MR) is 112 cm³/mol. The fraction of sp³-hybridized carbons (Fsp3) is 0.0455. The number of carbonyl (C=O) groups is 1. The van der Waals surface area contributed by atoms with Crippen molar-refractivity contribution >= 4 is 23.3 Å². The van der Waals surface area contributed by atoms with Gasteiger partial charge in [-0.1, -0.05) is 35.9 Å². The number of halogens is 1. The Kier molecular flexibility index (Phi) is 5.72. The third-order valence-electron chi connectivity index (χ3n) is 4.40. The van der Waals surface area contributed by atoms with Crippen molar-refractivity contribution < 1.29 is 18.9 Å². The number of nitro groups is 1. The van der Waals surface area contributed by atoms with E-state index in [0.717, 1.165) is 5.56 Å². The molecule has 8 nitrogen and oxygen atoms in total. The molecule has 0 atom stereocenters. The van der Waals surface area contributed by atoms with Gasteiger partial charge in [-0.25, -0.2) is 4.79 Å². The number of aromatic nitrogens is 2. The number of hydrogen-bond acceptors (Lipinski definition) is 7. The number of rotatable bonds is 6. The summed E-state index contributed by atoms with van der Waals surface area (Å²) in [6.07, 6.45) is 0. The van der Waals surface area contributed by atoms with E-state index in [1.54, 1.807) is 24.3 Å². The van der Waals surface area contributed by atoms with Gasteiger partial charge in [0.15, 0.2) is 0 Å². The van der Waals surface area contributed by atoms with E-state index in [0.29, 0.717) is 17.0 Å². The van der Waals surface area contributed by atoms with E-state index in [-0.39, 0.29) is 28.8 Å². The molecule has 4 aromatic rings. The predicted octanol–water partition coefficient (Wildman–Crippen LogP) is 5.32. The average Bonchev–Trinajstić information content (AvgIpc) is 3.29. The van der Waals surface area contributed by atoms with Crippen LogP contribution in [0.2, 0.25) is 5.02 Å². The number of esters is 1. The second-order valence-corrected chi connectivity index (χ2v) is 6.88. The van der Waals surface area contributed by atoms with Gasteiger partial charge in [-0.05, 0) is 36.4 Å². The number of non-ortho nitro benzene ring substituents is 1. The topological polar surface area (TPSA) is 108 Å². The summed E-state index contributed by atoms with van der Waals surface area (Å²) in [5.41, 5.74) is 1.97. The minimum absolute atomic E-state index is 0.126. The SMILES string of the molecule is O=C(OCc1ccc([N+](=O)[O-])cc1Cl)c1cccc(-c2nnc(-c3ccccc3)o2)c1. The summed E-state index contributed by atoms with van der Waals surface area (Å²) in [6.45, 7) is -0.126. The Bertz CT molecular complexity index is 1260. The van der Waals surface area contributed by atoms with Crippen molar-refractivity contribution in [3.05, 3.63) is 99.1 Å². The molecule has 1 heterocycles. The lowest BCUT2D eigenvalue weighted by Crippen LogP contribution is -2.06. The summed E-state index contributed by atoms with van der Waals surface area (Å²) in [6, 6.07) is 19.9. The summed E-state index contributed by atoms with van der Waals surface area (Å²) in [5, 5.41) is 19.0. The molecule has 1 aromatic heterocycles. The van der Waals surface area contributed by atoms with Crippen molar-refractivity contribution in [3.63, 3.8) is 0 Å². The molecular weight excluding hydrogens is 422 g/mol. The number of nitro benzene ring substituents is 1. The van der Waals surface area contributed by atoms with Gasteiger partial charge >= 0.3 is 5.97 Å². The van der Waals surface area contributed by atoms with E-state index in [1.807, 2.05) is 30.3 Å². The van der Waals surface area contributed by atoms with Crippen molar-refractivity contribution in [2.75, 3.05) is 0 Å². The lowest BCUT2D eigenvalue weighted by atomic mass is 10.1. The monoisotopic (exact) mass is 435 g/mol. The number of nitrogens with zero attached hydrogens (tertiary/aromatic N) is 3. The Morgan fingerprint density at radius 3 is 2.39 bits per heavy atom. The molecule has 154 valence electrons. The second kappa shape index (κ2) is 8.76. The normalized spacial score (nSPS) is 10.6. The van der Waals surface area contributed by atoms with E-state index < -0.39 is 10.9 Å². The van der Waals surface area contributed by atoms with Crippen molar-refractivity contribution in [2.24, 2.45) is 0 Å². The van der Waals surface area contributed by atoms with E-state index in [9.17, 15) is 14.9 Å². The first-order valence-electron chi connectivity index (χ1n) is 9.10. The van der Waals surface area contributed by atoms with Gasteiger partial charge in [0.25, 0.3) is 5.69 Å². The molecule has 0 aliphatic carbocycles. The third-order valence-corrected chi connectivity index (χ3v) is 4.75. The minimum Gasteiger partial charge on any atom is -0.457 e. The molecule has 0 saturated carbocycles. The maximum absolute atomic E-state index is 12.5. The molecule has 4 rings (SSSR count). The van der Waals surface area contributed by atoms with Gasteiger partial charge in [0.1, 0.15) is 6.61 Å². The van der Waals surface area contributed by atoms with Crippen LogP contribution >= 0.6 is 11.6 Å². The molecule has 3 aromatic carbocycles. The van der Waals surface area contributed by atoms with Gasteiger partial charge in [0, 0.05) is 28.8 Å². The van der Waals surface area contributed by atoms with Gasteiger partial charge < -0.3 is 9.15 Å². The summed E-state index contributed by atoms with van der Waals surface area (Å²) < 4.78 is 11.0. The second-order valence-electron chi connectivity index (χ2n) is 6.47. The van der Waals surface area contributed by atoms with Gasteiger partial charge in [-0.3, -0.25) is 10.1 Å². The molecular formula is C22H14ClN3O5. The third kappa shape index (κ3) is 4.59. The Balaban J connectivity index is 1.48. The fourth-order valence-corrected chi connectivity index (χ4v) is 3.04. The quantitative estimate of drug-likeness (QED) is 0.229. The van der Waals surface area contributed by atoms with Gasteiger partial charge in [0.2, 0.25) is 11.8 Å². The van der Waals surface area contributed by atoms with Crippen molar-refractivity contribution in [3.8, 4) is 22.9 Å². The van der Waals surface area contributed by atoms with E-state index in [1.165, 1.54) is 18.2 Å². The molecule has 0 bridgehead atoms. The van der Waals surface area contributed by atoms with Crippen LogP contribution in [-0.4, -0.2) is 21.1 Å². The summed E-state index contributed by atoms with van der Waals surface area (Å²) in [7, 11) is 0. The molecule has 0 spiro atoms. The summed E-state index contributed by atoms with van der Waals surface area (Å²) in [4.78, 5) is 22.7. The largest absolute Gasteiger partial charge is 0.457 e. The number of ether oxygens (including phenoxy) is 1. The van der Waals surface area contributed by atoms with E-state index in [2.05, 4.69) is 10.2 Å². The molecule has 0 aliphatic heterocycles. The fourth-order valence-electron chi connectivity index (χ4n) is 2.81. The number of hydrogen-bond donors (Lipinski definition) is 0. The average molecular weight is 436 g/mol. The van der Waals surface area contributed by atoms with Crippen LogP contribution in [0.5, 0.6) is 0 Å². The van der Waals surface area contributed by atoms with Crippen molar-refractivity contribution in [1.29, 1.82) is 0 Å². The Morgan fingerprint density at radius 1 is 0.968 bits per heavy atom. The highest BCUT2D eigenvalue weighted by Gasteiger charge is 2.15. The molecule has 0 saturated heterocycles. The van der Waals surface area contributed by atoms with Crippen LogP contribution in [0.3, 0.4) is 0 Å². The van der Waals surface area contributed by atoms with Crippen LogP contribution in [0.4, 0.5) is 5.69 Å². The molecule has 0 amide bonds. The maximum Gasteiger partial charge on any atom is 0.338 e. The molecule has 0 radical (unpaired) electrons.